The highest BCUT2D eigenvalue weighted by Crippen LogP contribution is 2.71. The van der Waals surface area contributed by atoms with Crippen LogP contribution in [0, 0.1) is 34.0 Å². The summed E-state index contributed by atoms with van der Waals surface area (Å²) in [6, 6.07) is 0. The monoisotopic (exact) mass is 320 g/mol. The fraction of sp³-hybridized carbons (Fsp3) is 0.900. The lowest BCUT2D eigenvalue weighted by Gasteiger charge is -2.65. The third kappa shape index (κ3) is 1.82. The van der Waals surface area contributed by atoms with Gasteiger partial charge in [0.15, 0.2) is 0 Å². The van der Waals surface area contributed by atoms with Gasteiger partial charge in [-0.3, -0.25) is 0 Å². The van der Waals surface area contributed by atoms with Gasteiger partial charge in [-0.15, -0.1) is 0 Å². The van der Waals surface area contributed by atoms with E-state index in [0.717, 1.165) is 50.5 Å². The smallest absolute Gasteiger partial charge is 0.0810 e. The van der Waals surface area contributed by atoms with Crippen molar-refractivity contribution in [3.63, 3.8) is 0 Å². The van der Waals surface area contributed by atoms with Gasteiger partial charge in [0.1, 0.15) is 0 Å². The molecule has 4 rings (SSSR count). The summed E-state index contributed by atoms with van der Waals surface area (Å²) in [5.41, 5.74) is 0.781. The van der Waals surface area contributed by atoms with E-state index in [9.17, 15) is 15.3 Å². The van der Waals surface area contributed by atoms with E-state index in [4.69, 9.17) is 0 Å². The molecule has 3 heteroatoms. The predicted molar refractivity (Wildman–Crippen MR) is 89.7 cm³/mol. The molecule has 0 aromatic carbocycles. The van der Waals surface area contributed by atoms with Gasteiger partial charge in [0, 0.05) is 12.0 Å². The third-order valence-corrected chi connectivity index (χ3v) is 8.65. The zero-order valence-corrected chi connectivity index (χ0v) is 14.6. The Morgan fingerprint density at radius 3 is 2.61 bits per heavy atom. The van der Waals surface area contributed by atoms with Crippen molar-refractivity contribution in [2.75, 3.05) is 6.61 Å². The molecule has 0 aromatic heterocycles. The highest BCUT2D eigenvalue weighted by molar-refractivity contribution is 5.28. The topological polar surface area (TPSA) is 60.7 Å². The van der Waals surface area contributed by atoms with Crippen LogP contribution in [0.25, 0.3) is 0 Å². The van der Waals surface area contributed by atoms with Gasteiger partial charge in [-0.25, -0.2) is 0 Å². The molecule has 0 amide bonds. The first kappa shape index (κ1) is 16.1. The second kappa shape index (κ2) is 4.83. The van der Waals surface area contributed by atoms with E-state index in [-0.39, 0.29) is 34.9 Å². The first-order chi connectivity index (χ1) is 10.8. The van der Waals surface area contributed by atoms with Gasteiger partial charge in [-0.2, -0.15) is 0 Å². The molecule has 1 spiro atoms. The Morgan fingerprint density at radius 1 is 1.17 bits per heavy atom. The average Bonchev–Trinajstić information content (AvgIpc) is 2.68. The van der Waals surface area contributed by atoms with Crippen LogP contribution in [0.1, 0.15) is 58.8 Å². The molecule has 0 aromatic rings. The van der Waals surface area contributed by atoms with Crippen LogP contribution in [0.15, 0.2) is 12.2 Å². The van der Waals surface area contributed by atoms with Gasteiger partial charge >= 0.3 is 0 Å². The molecule has 0 aliphatic heterocycles. The van der Waals surface area contributed by atoms with Gasteiger partial charge in [-0.1, -0.05) is 26.8 Å². The number of hydrogen-bond donors (Lipinski definition) is 3. The second-order valence-corrected chi connectivity index (χ2v) is 9.66. The molecule has 0 radical (unpaired) electrons. The van der Waals surface area contributed by atoms with Gasteiger partial charge in [0.25, 0.3) is 0 Å². The van der Waals surface area contributed by atoms with Crippen LogP contribution in [0.2, 0.25) is 0 Å². The number of fused-ring (bicyclic) bond motifs is 3. The third-order valence-electron chi connectivity index (χ3n) is 8.65. The lowest BCUT2D eigenvalue weighted by Crippen LogP contribution is -2.62. The van der Waals surface area contributed by atoms with Crippen LogP contribution >= 0.6 is 0 Å². The Hall–Kier alpha value is -0.380. The van der Waals surface area contributed by atoms with Crippen molar-refractivity contribution in [2.45, 2.75) is 71.0 Å². The Balaban J connectivity index is 1.80. The van der Waals surface area contributed by atoms with Crippen LogP contribution in [0.5, 0.6) is 0 Å². The Labute approximate surface area is 139 Å². The average molecular weight is 320 g/mol. The molecule has 4 aliphatic rings. The van der Waals surface area contributed by atoms with Crippen LogP contribution in [-0.2, 0) is 0 Å². The lowest BCUT2D eigenvalue weighted by molar-refractivity contribution is -0.210. The van der Waals surface area contributed by atoms with Crippen molar-refractivity contribution in [3.05, 3.63) is 12.2 Å². The highest BCUT2D eigenvalue weighted by Gasteiger charge is 2.68. The SMILES string of the molecule is C=C1[C@@H]2C[C@@H](O)[C@H]3[C@]4(C)CCC[C@@](C)(CO)[C@H]4CC[C@]3(C2)[C@@H]1O. The van der Waals surface area contributed by atoms with Crippen molar-refractivity contribution in [1.82, 2.24) is 0 Å². The largest absolute Gasteiger partial charge is 0.396 e. The summed E-state index contributed by atoms with van der Waals surface area (Å²) in [5, 5.41) is 32.1. The quantitative estimate of drug-likeness (QED) is 0.651. The van der Waals surface area contributed by atoms with Gasteiger partial charge < -0.3 is 15.3 Å². The number of aliphatic hydroxyl groups excluding tert-OH is 3. The maximum atomic E-state index is 11.0. The second-order valence-electron chi connectivity index (χ2n) is 9.66. The maximum absolute atomic E-state index is 11.0. The summed E-state index contributed by atoms with van der Waals surface area (Å²) in [7, 11) is 0. The number of rotatable bonds is 1. The molecule has 4 fully saturated rings. The van der Waals surface area contributed by atoms with E-state index < -0.39 is 6.10 Å². The van der Waals surface area contributed by atoms with Gasteiger partial charge in [0.2, 0.25) is 0 Å². The minimum Gasteiger partial charge on any atom is -0.396 e. The standard InChI is InChI=1S/C20H32O3/c1-12-13-9-14(22)16-19(3)7-4-6-18(2,11-21)15(19)5-8-20(16,10-13)17(12)23/h13-17,21-23H,1,4-11H2,2-3H3/t13-,14-,15-,16+,17-,18+,19-,20-/m1/s1. The summed E-state index contributed by atoms with van der Waals surface area (Å²) >= 11 is 0. The summed E-state index contributed by atoms with van der Waals surface area (Å²) in [6.45, 7) is 8.98. The lowest BCUT2D eigenvalue weighted by atomic mass is 9.40. The molecule has 130 valence electrons. The normalized spacial score (nSPS) is 58.7. The zero-order chi connectivity index (χ0) is 16.6. The molecule has 23 heavy (non-hydrogen) atoms. The molecule has 0 unspecified atom stereocenters. The molecule has 3 N–H and O–H groups in total. The summed E-state index contributed by atoms with van der Waals surface area (Å²) < 4.78 is 0. The fourth-order valence-corrected chi connectivity index (χ4v) is 7.80. The molecular weight excluding hydrogens is 288 g/mol. The molecule has 0 saturated heterocycles. The van der Waals surface area contributed by atoms with E-state index in [0.29, 0.717) is 11.8 Å². The Morgan fingerprint density at radius 2 is 1.91 bits per heavy atom. The number of hydrogen-bond acceptors (Lipinski definition) is 3. The minimum atomic E-state index is -0.449. The summed E-state index contributed by atoms with van der Waals surface area (Å²) in [5.74, 6) is 0.881. The summed E-state index contributed by atoms with van der Waals surface area (Å²) in [4.78, 5) is 0. The van der Waals surface area contributed by atoms with Crippen LogP contribution in [0.3, 0.4) is 0 Å². The molecule has 0 heterocycles. The maximum Gasteiger partial charge on any atom is 0.0810 e. The molecule has 3 nitrogen and oxygen atoms in total. The minimum absolute atomic E-state index is 0.0178. The van der Waals surface area contributed by atoms with Gasteiger partial charge in [0.05, 0.1) is 12.2 Å². The van der Waals surface area contributed by atoms with E-state index >= 15 is 0 Å². The van der Waals surface area contributed by atoms with Crippen LogP contribution in [-0.4, -0.2) is 34.1 Å². The summed E-state index contributed by atoms with van der Waals surface area (Å²) in [6.07, 6.45) is 6.33. The Bertz CT molecular complexity index is 531. The van der Waals surface area contributed by atoms with E-state index in [1.54, 1.807) is 0 Å². The van der Waals surface area contributed by atoms with E-state index in [1.807, 2.05) is 0 Å². The Kier molecular flexibility index (Phi) is 3.38. The van der Waals surface area contributed by atoms with Crippen molar-refractivity contribution in [2.24, 2.45) is 34.0 Å². The number of aliphatic hydroxyl groups is 3. The predicted octanol–water partition coefficient (Wildman–Crippen LogP) is 2.89. The first-order valence-corrected chi connectivity index (χ1v) is 9.44. The molecule has 4 aliphatic carbocycles. The fourth-order valence-electron chi connectivity index (χ4n) is 7.80. The van der Waals surface area contributed by atoms with Crippen LogP contribution in [0.4, 0.5) is 0 Å². The molecule has 8 atom stereocenters. The molecular formula is C20H32O3. The van der Waals surface area contributed by atoms with Crippen molar-refractivity contribution >= 4 is 0 Å². The first-order valence-electron chi connectivity index (χ1n) is 9.44. The van der Waals surface area contributed by atoms with Crippen molar-refractivity contribution < 1.29 is 15.3 Å². The van der Waals surface area contributed by atoms with Gasteiger partial charge in [-0.05, 0) is 72.7 Å². The molecule has 2 bridgehead atoms. The van der Waals surface area contributed by atoms with Crippen molar-refractivity contribution in [3.8, 4) is 0 Å². The highest BCUT2D eigenvalue weighted by atomic mass is 16.3. The van der Waals surface area contributed by atoms with Crippen LogP contribution < -0.4 is 0 Å². The zero-order valence-electron chi connectivity index (χ0n) is 14.6. The van der Waals surface area contributed by atoms with E-state index in [1.165, 1.54) is 0 Å². The molecule has 4 saturated carbocycles. The van der Waals surface area contributed by atoms with E-state index in [2.05, 4.69) is 20.4 Å². The van der Waals surface area contributed by atoms with Crippen molar-refractivity contribution in [1.29, 1.82) is 0 Å².